The van der Waals surface area contributed by atoms with E-state index in [1.165, 1.54) is 12.1 Å². The fourth-order valence-corrected chi connectivity index (χ4v) is 3.77. The number of halogens is 1. The third kappa shape index (κ3) is 8.38. The molecule has 3 aromatic carbocycles. The Morgan fingerprint density at radius 1 is 0.927 bits per heavy atom. The molecule has 0 saturated carbocycles. The lowest BCUT2D eigenvalue weighted by molar-refractivity contribution is -0.115. The van der Waals surface area contributed by atoms with Gasteiger partial charge >= 0.3 is 6.09 Å². The summed E-state index contributed by atoms with van der Waals surface area (Å²) in [7, 11) is 0. The van der Waals surface area contributed by atoms with E-state index in [4.69, 9.17) is 4.74 Å². The monoisotopic (exact) mass is 552 g/mol. The maximum Gasteiger partial charge on any atom is 0.412 e. The molecular weight excluding hydrogens is 523 g/mol. The van der Waals surface area contributed by atoms with Crippen LogP contribution in [0.2, 0.25) is 0 Å². The van der Waals surface area contributed by atoms with E-state index in [-0.39, 0.29) is 23.0 Å². The fraction of sp³-hybridized carbons (Fsp3) is 0.188. The molecule has 4 aromatic rings. The normalized spacial score (nSPS) is 10.8. The maximum atomic E-state index is 13.2. The smallest absolute Gasteiger partial charge is 0.412 e. The average Bonchev–Trinajstić information content (AvgIpc) is 3.35. The lowest BCUT2D eigenvalue weighted by atomic mass is 10.0. The van der Waals surface area contributed by atoms with E-state index < -0.39 is 24.0 Å². The first-order valence-corrected chi connectivity index (χ1v) is 12.8. The van der Waals surface area contributed by atoms with Crippen molar-refractivity contribution in [2.45, 2.75) is 39.7 Å². The molecule has 0 aliphatic carbocycles. The van der Waals surface area contributed by atoms with Crippen molar-refractivity contribution in [1.82, 2.24) is 9.97 Å². The van der Waals surface area contributed by atoms with Gasteiger partial charge in [0, 0.05) is 34.1 Å². The molecule has 0 atom stereocenters. The highest BCUT2D eigenvalue weighted by atomic mass is 19.1. The maximum absolute atomic E-state index is 13.2. The molecule has 0 unspecified atom stereocenters. The second-order valence-corrected chi connectivity index (χ2v) is 10.3. The number of H-pyrrole nitrogens is 1. The zero-order valence-electron chi connectivity index (χ0n) is 23.1. The summed E-state index contributed by atoms with van der Waals surface area (Å²) in [4.78, 5) is 45.8. The molecule has 1 aromatic heterocycles. The van der Waals surface area contributed by atoms with E-state index in [1.54, 1.807) is 75.5 Å². The summed E-state index contributed by atoms with van der Waals surface area (Å²) in [5.41, 5.74) is 2.86. The fourth-order valence-electron chi connectivity index (χ4n) is 3.77. The second kappa shape index (κ2) is 12.3. The van der Waals surface area contributed by atoms with Gasteiger partial charge in [-0.1, -0.05) is 30.0 Å². The molecular formula is C32H29FN4O4. The van der Waals surface area contributed by atoms with Gasteiger partial charge in [-0.05, 0) is 76.2 Å². The molecule has 3 N–H and O–H groups in total. The quantitative estimate of drug-likeness (QED) is 0.144. The van der Waals surface area contributed by atoms with Crippen molar-refractivity contribution in [1.29, 1.82) is 0 Å². The number of hydrogen-bond donors (Lipinski definition) is 3. The Bertz CT molecular complexity index is 1660. The van der Waals surface area contributed by atoms with Crippen LogP contribution in [0.5, 0.6) is 0 Å². The number of carbonyl (C=O) groups is 3. The predicted molar refractivity (Wildman–Crippen MR) is 155 cm³/mol. The molecule has 0 aliphatic heterocycles. The Balaban J connectivity index is 1.54. The SMILES string of the molecule is Cc1cnc(-c2cccc(C(=O)CC(=O)Nc3cc(C#Cc4ccc(F)cc4)ccc3NC(=O)OC(C)(C)C)c2)[nH]1. The van der Waals surface area contributed by atoms with Gasteiger partial charge in [-0.2, -0.15) is 0 Å². The molecule has 41 heavy (non-hydrogen) atoms. The number of benzene rings is 3. The number of nitrogens with zero attached hydrogens (tertiary/aromatic N) is 1. The van der Waals surface area contributed by atoms with Crippen molar-refractivity contribution >= 4 is 29.2 Å². The minimum atomic E-state index is -0.733. The zero-order valence-corrected chi connectivity index (χ0v) is 23.1. The van der Waals surface area contributed by atoms with E-state index in [1.807, 2.05) is 13.0 Å². The number of aromatic nitrogens is 2. The standard InChI is InChI=1S/C32H29FN4O4/c1-20-19-34-30(35-20)24-7-5-6-23(17-24)28(38)18-29(39)36-27-16-22(9-8-21-10-13-25(33)14-11-21)12-15-26(27)37-31(40)41-32(2,3)4/h5-7,10-17,19H,18H2,1-4H3,(H,34,35)(H,36,39)(H,37,40). The third-order valence-electron chi connectivity index (χ3n) is 5.61. The van der Waals surface area contributed by atoms with Gasteiger partial charge in [-0.15, -0.1) is 0 Å². The molecule has 0 aliphatic rings. The number of aromatic amines is 1. The van der Waals surface area contributed by atoms with Crippen LogP contribution in [0.25, 0.3) is 11.4 Å². The first-order chi connectivity index (χ1) is 19.4. The van der Waals surface area contributed by atoms with E-state index in [9.17, 15) is 18.8 Å². The van der Waals surface area contributed by atoms with Gasteiger partial charge < -0.3 is 15.0 Å². The number of aryl methyl sites for hydroxylation is 1. The van der Waals surface area contributed by atoms with Gasteiger partial charge in [0.2, 0.25) is 5.91 Å². The summed E-state index contributed by atoms with van der Waals surface area (Å²) in [6, 6.07) is 17.4. The van der Waals surface area contributed by atoms with Crippen LogP contribution in [-0.2, 0) is 9.53 Å². The number of imidazole rings is 1. The molecule has 4 rings (SSSR count). The molecule has 0 bridgehead atoms. The number of Topliss-reactive ketones (excluding diaryl/α,β-unsaturated/α-hetero) is 1. The highest BCUT2D eigenvalue weighted by Gasteiger charge is 2.19. The van der Waals surface area contributed by atoms with Crippen LogP contribution in [0.4, 0.5) is 20.6 Å². The van der Waals surface area contributed by atoms with E-state index in [0.29, 0.717) is 22.5 Å². The number of nitrogens with one attached hydrogen (secondary N) is 3. The van der Waals surface area contributed by atoms with Crippen molar-refractivity contribution in [3.63, 3.8) is 0 Å². The van der Waals surface area contributed by atoms with Crippen LogP contribution in [0, 0.1) is 24.6 Å². The van der Waals surface area contributed by atoms with Crippen molar-refractivity contribution in [2.24, 2.45) is 0 Å². The van der Waals surface area contributed by atoms with E-state index in [0.717, 1.165) is 11.3 Å². The molecule has 9 heteroatoms. The first-order valence-electron chi connectivity index (χ1n) is 12.8. The largest absolute Gasteiger partial charge is 0.444 e. The number of hydrogen-bond acceptors (Lipinski definition) is 5. The minimum absolute atomic E-state index is 0.236. The number of ketones is 1. The first kappa shape index (κ1) is 28.8. The van der Waals surface area contributed by atoms with Crippen LogP contribution in [-0.4, -0.2) is 33.4 Å². The van der Waals surface area contributed by atoms with Crippen LogP contribution in [0.15, 0.2) is 72.9 Å². The van der Waals surface area contributed by atoms with E-state index >= 15 is 0 Å². The molecule has 8 nitrogen and oxygen atoms in total. The molecule has 0 saturated heterocycles. The average molecular weight is 553 g/mol. The van der Waals surface area contributed by atoms with Gasteiger partial charge in [0.05, 0.1) is 17.8 Å². The Labute approximate surface area is 237 Å². The van der Waals surface area contributed by atoms with Gasteiger partial charge in [-0.25, -0.2) is 14.2 Å². The molecule has 1 heterocycles. The lowest BCUT2D eigenvalue weighted by Crippen LogP contribution is -2.27. The molecule has 2 amide bonds. The summed E-state index contributed by atoms with van der Waals surface area (Å²) in [5, 5.41) is 5.34. The Morgan fingerprint density at radius 3 is 2.32 bits per heavy atom. The van der Waals surface area contributed by atoms with Gasteiger partial charge in [0.25, 0.3) is 0 Å². The summed E-state index contributed by atoms with van der Waals surface area (Å²) >= 11 is 0. The zero-order chi connectivity index (χ0) is 29.6. The summed E-state index contributed by atoms with van der Waals surface area (Å²) < 4.78 is 18.5. The van der Waals surface area contributed by atoms with Crippen molar-refractivity contribution in [3.05, 3.63) is 101 Å². The molecule has 0 radical (unpaired) electrons. The van der Waals surface area contributed by atoms with Crippen LogP contribution < -0.4 is 10.6 Å². The topological polar surface area (TPSA) is 113 Å². The van der Waals surface area contributed by atoms with Gasteiger partial charge in [-0.3, -0.25) is 14.9 Å². The van der Waals surface area contributed by atoms with Crippen LogP contribution in [0.1, 0.15) is 54.4 Å². The Kier molecular flexibility index (Phi) is 8.63. The summed E-state index contributed by atoms with van der Waals surface area (Å²) in [5.74, 6) is 5.18. The third-order valence-corrected chi connectivity index (χ3v) is 5.61. The number of ether oxygens (including phenoxy) is 1. The minimum Gasteiger partial charge on any atom is -0.444 e. The number of carbonyl (C=O) groups excluding carboxylic acids is 3. The Morgan fingerprint density at radius 2 is 1.63 bits per heavy atom. The highest BCUT2D eigenvalue weighted by molar-refractivity contribution is 6.12. The number of rotatable bonds is 6. The highest BCUT2D eigenvalue weighted by Crippen LogP contribution is 2.25. The van der Waals surface area contributed by atoms with Gasteiger partial charge in [0.15, 0.2) is 5.78 Å². The van der Waals surface area contributed by atoms with Crippen molar-refractivity contribution < 1.29 is 23.5 Å². The number of anilines is 2. The van der Waals surface area contributed by atoms with Gasteiger partial charge in [0.1, 0.15) is 17.2 Å². The molecule has 0 fully saturated rings. The molecule has 208 valence electrons. The van der Waals surface area contributed by atoms with Crippen molar-refractivity contribution in [2.75, 3.05) is 10.6 Å². The number of amides is 2. The Hall–Kier alpha value is -5.23. The van der Waals surface area contributed by atoms with Crippen LogP contribution in [0.3, 0.4) is 0 Å². The van der Waals surface area contributed by atoms with Crippen LogP contribution >= 0.6 is 0 Å². The van der Waals surface area contributed by atoms with Crippen molar-refractivity contribution in [3.8, 4) is 23.2 Å². The predicted octanol–water partition coefficient (Wildman–Crippen LogP) is 6.48. The second-order valence-electron chi connectivity index (χ2n) is 10.3. The lowest BCUT2D eigenvalue weighted by Gasteiger charge is -2.20. The summed E-state index contributed by atoms with van der Waals surface area (Å²) in [6.45, 7) is 7.08. The molecule has 0 spiro atoms. The summed E-state index contributed by atoms with van der Waals surface area (Å²) in [6.07, 6.45) is 0.551. The van der Waals surface area contributed by atoms with E-state index in [2.05, 4.69) is 32.4 Å².